The number of aromatic nitrogens is 1. The second-order valence-electron chi connectivity index (χ2n) is 5.75. The lowest BCUT2D eigenvalue weighted by atomic mass is 9.93. The topological polar surface area (TPSA) is 16.1 Å². The van der Waals surface area contributed by atoms with Crippen LogP contribution in [0.1, 0.15) is 50.2 Å². The van der Waals surface area contributed by atoms with E-state index in [2.05, 4.69) is 42.6 Å². The Morgan fingerprint density at radius 1 is 1.41 bits per heavy atom. The molecule has 0 atom stereocenters. The van der Waals surface area contributed by atoms with Gasteiger partial charge in [-0.05, 0) is 52.8 Å². The van der Waals surface area contributed by atoms with Crippen molar-refractivity contribution in [3.05, 3.63) is 22.7 Å². The Labute approximate surface area is 108 Å². The third kappa shape index (κ3) is 2.96. The lowest BCUT2D eigenvalue weighted by Gasteiger charge is -2.40. The molecule has 2 nitrogen and oxygen atoms in total. The Morgan fingerprint density at radius 3 is 2.53 bits per heavy atom. The molecular formula is C14H22N2S. The molecule has 94 valence electrons. The highest BCUT2D eigenvalue weighted by Crippen LogP contribution is 2.32. The molecule has 1 aromatic rings. The summed E-state index contributed by atoms with van der Waals surface area (Å²) >= 11 is 1.79. The van der Waals surface area contributed by atoms with Gasteiger partial charge < -0.3 is 0 Å². The van der Waals surface area contributed by atoms with Gasteiger partial charge in [0.05, 0.1) is 10.7 Å². The molecule has 0 unspecified atom stereocenters. The molecule has 0 aliphatic carbocycles. The Kier molecular flexibility index (Phi) is 3.69. The SMILES string of the molecule is C=Cc1csc(C2CCN(C(C)(C)C)CC2)n1. The zero-order valence-corrected chi connectivity index (χ0v) is 11.9. The van der Waals surface area contributed by atoms with Crippen LogP contribution in [0.15, 0.2) is 12.0 Å². The molecule has 0 saturated carbocycles. The molecule has 17 heavy (non-hydrogen) atoms. The summed E-state index contributed by atoms with van der Waals surface area (Å²) in [6.45, 7) is 13.0. The highest BCUT2D eigenvalue weighted by Gasteiger charge is 2.28. The standard InChI is InChI=1S/C14H22N2S/c1-5-12-10-17-13(15-12)11-6-8-16(9-7-11)14(2,3)4/h5,10-11H,1,6-9H2,2-4H3. The number of rotatable bonds is 2. The van der Waals surface area contributed by atoms with E-state index in [1.54, 1.807) is 11.3 Å². The second-order valence-corrected chi connectivity index (χ2v) is 6.64. The van der Waals surface area contributed by atoms with Crippen LogP contribution in [0, 0.1) is 0 Å². The van der Waals surface area contributed by atoms with Gasteiger partial charge in [0.15, 0.2) is 0 Å². The van der Waals surface area contributed by atoms with Crippen molar-refractivity contribution in [3.8, 4) is 0 Å². The van der Waals surface area contributed by atoms with Crippen molar-refractivity contribution in [2.24, 2.45) is 0 Å². The molecule has 1 aromatic heterocycles. The van der Waals surface area contributed by atoms with E-state index in [-0.39, 0.29) is 0 Å². The smallest absolute Gasteiger partial charge is 0.0964 e. The van der Waals surface area contributed by atoms with Crippen LogP contribution in [0.3, 0.4) is 0 Å². The Hall–Kier alpha value is -0.670. The fraction of sp³-hybridized carbons (Fsp3) is 0.643. The number of hydrogen-bond donors (Lipinski definition) is 0. The summed E-state index contributed by atoms with van der Waals surface area (Å²) in [7, 11) is 0. The lowest BCUT2D eigenvalue weighted by Crippen LogP contribution is -2.45. The van der Waals surface area contributed by atoms with Gasteiger partial charge in [-0.25, -0.2) is 4.98 Å². The first-order valence-electron chi connectivity index (χ1n) is 6.33. The van der Waals surface area contributed by atoms with Gasteiger partial charge in [0.2, 0.25) is 0 Å². The van der Waals surface area contributed by atoms with E-state index < -0.39 is 0 Å². The minimum absolute atomic E-state index is 0.306. The van der Waals surface area contributed by atoms with E-state index >= 15 is 0 Å². The first kappa shape index (κ1) is 12.8. The Bertz CT molecular complexity index is 381. The molecule has 0 N–H and O–H groups in total. The Balaban J connectivity index is 1.97. The summed E-state index contributed by atoms with van der Waals surface area (Å²) in [5.74, 6) is 0.660. The highest BCUT2D eigenvalue weighted by molar-refractivity contribution is 7.09. The largest absolute Gasteiger partial charge is 0.298 e. The van der Waals surface area contributed by atoms with E-state index in [9.17, 15) is 0 Å². The highest BCUT2D eigenvalue weighted by atomic mass is 32.1. The summed E-state index contributed by atoms with van der Waals surface area (Å²) in [5.41, 5.74) is 1.34. The van der Waals surface area contributed by atoms with Crippen molar-refractivity contribution in [1.82, 2.24) is 9.88 Å². The van der Waals surface area contributed by atoms with Crippen LogP contribution in [0.4, 0.5) is 0 Å². The minimum Gasteiger partial charge on any atom is -0.298 e. The normalized spacial score (nSPS) is 19.5. The van der Waals surface area contributed by atoms with Crippen LogP contribution in [0.5, 0.6) is 0 Å². The molecule has 2 heterocycles. The second kappa shape index (κ2) is 4.91. The maximum atomic E-state index is 4.62. The molecule has 1 aliphatic rings. The Morgan fingerprint density at radius 2 is 2.06 bits per heavy atom. The molecular weight excluding hydrogens is 228 g/mol. The molecule has 1 aliphatic heterocycles. The molecule has 0 amide bonds. The lowest BCUT2D eigenvalue weighted by molar-refractivity contribution is 0.102. The summed E-state index contributed by atoms with van der Waals surface area (Å²) in [5, 5.41) is 3.41. The predicted octanol–water partition coefficient (Wildman–Crippen LogP) is 3.76. The number of piperidine rings is 1. The van der Waals surface area contributed by atoms with Crippen molar-refractivity contribution in [2.75, 3.05) is 13.1 Å². The summed E-state index contributed by atoms with van der Waals surface area (Å²) in [4.78, 5) is 7.20. The number of nitrogens with zero attached hydrogens (tertiary/aromatic N) is 2. The van der Waals surface area contributed by atoms with Crippen LogP contribution >= 0.6 is 11.3 Å². The quantitative estimate of drug-likeness (QED) is 0.794. The third-order valence-corrected chi connectivity index (χ3v) is 4.57. The number of thiazole rings is 1. The van der Waals surface area contributed by atoms with Gasteiger partial charge in [-0.3, -0.25) is 4.90 Å². The first-order chi connectivity index (χ1) is 8.00. The third-order valence-electron chi connectivity index (χ3n) is 3.54. The van der Waals surface area contributed by atoms with Crippen molar-refractivity contribution in [3.63, 3.8) is 0 Å². The van der Waals surface area contributed by atoms with Crippen LogP contribution < -0.4 is 0 Å². The van der Waals surface area contributed by atoms with Gasteiger partial charge >= 0.3 is 0 Å². The molecule has 0 bridgehead atoms. The van der Waals surface area contributed by atoms with Crippen LogP contribution in [-0.2, 0) is 0 Å². The summed E-state index contributed by atoms with van der Waals surface area (Å²) in [6, 6.07) is 0. The number of hydrogen-bond acceptors (Lipinski definition) is 3. The van der Waals surface area contributed by atoms with Crippen molar-refractivity contribution >= 4 is 17.4 Å². The van der Waals surface area contributed by atoms with Gasteiger partial charge in [0.1, 0.15) is 0 Å². The summed E-state index contributed by atoms with van der Waals surface area (Å²) < 4.78 is 0. The zero-order chi connectivity index (χ0) is 12.5. The first-order valence-corrected chi connectivity index (χ1v) is 7.21. The number of likely N-dealkylation sites (tertiary alicyclic amines) is 1. The predicted molar refractivity (Wildman–Crippen MR) is 75.5 cm³/mol. The molecule has 1 fully saturated rings. The fourth-order valence-corrected chi connectivity index (χ4v) is 3.36. The summed E-state index contributed by atoms with van der Waals surface area (Å²) in [6.07, 6.45) is 4.31. The zero-order valence-electron chi connectivity index (χ0n) is 11.1. The van der Waals surface area contributed by atoms with E-state index in [1.165, 1.54) is 30.9 Å². The maximum Gasteiger partial charge on any atom is 0.0964 e. The van der Waals surface area contributed by atoms with Crippen molar-refractivity contribution in [2.45, 2.75) is 45.1 Å². The average molecular weight is 250 g/mol. The van der Waals surface area contributed by atoms with Gasteiger partial charge in [-0.1, -0.05) is 6.58 Å². The average Bonchev–Trinajstić information content (AvgIpc) is 2.76. The van der Waals surface area contributed by atoms with Crippen molar-refractivity contribution in [1.29, 1.82) is 0 Å². The van der Waals surface area contributed by atoms with Crippen LogP contribution in [-0.4, -0.2) is 28.5 Å². The van der Waals surface area contributed by atoms with Gasteiger partial charge in [0, 0.05) is 16.8 Å². The molecule has 0 spiro atoms. The van der Waals surface area contributed by atoms with Gasteiger partial charge in [-0.2, -0.15) is 0 Å². The molecule has 2 rings (SSSR count). The van der Waals surface area contributed by atoms with Crippen molar-refractivity contribution < 1.29 is 0 Å². The maximum absolute atomic E-state index is 4.62. The van der Waals surface area contributed by atoms with Crippen LogP contribution in [0.25, 0.3) is 6.08 Å². The van der Waals surface area contributed by atoms with E-state index in [0.29, 0.717) is 11.5 Å². The van der Waals surface area contributed by atoms with Gasteiger partial charge in [0.25, 0.3) is 0 Å². The molecule has 0 aromatic carbocycles. The van der Waals surface area contributed by atoms with Crippen LogP contribution in [0.2, 0.25) is 0 Å². The monoisotopic (exact) mass is 250 g/mol. The van der Waals surface area contributed by atoms with Gasteiger partial charge in [-0.15, -0.1) is 11.3 Å². The van der Waals surface area contributed by atoms with E-state index in [4.69, 9.17) is 0 Å². The van der Waals surface area contributed by atoms with E-state index in [1.807, 2.05) is 6.08 Å². The van der Waals surface area contributed by atoms with E-state index in [0.717, 1.165) is 5.69 Å². The molecule has 1 saturated heterocycles. The fourth-order valence-electron chi connectivity index (χ4n) is 2.38. The molecule has 0 radical (unpaired) electrons. The molecule has 3 heteroatoms. The minimum atomic E-state index is 0.306.